The number of hydrogen-bond acceptors (Lipinski definition) is 4. The molecule has 128 valence electrons. The number of amides is 1. The highest BCUT2D eigenvalue weighted by molar-refractivity contribution is 7.90. The number of allylic oxidation sites excluding steroid dienone is 2. The Morgan fingerprint density at radius 2 is 1.83 bits per heavy atom. The molecule has 0 saturated heterocycles. The molecule has 2 bridgehead atoms. The molecule has 3 rings (SSSR count). The lowest BCUT2D eigenvalue weighted by molar-refractivity contribution is -0.146. The second kappa shape index (κ2) is 5.70. The maximum Gasteiger partial charge on any atom is 0.307 e. The third kappa shape index (κ3) is 2.82. The van der Waals surface area contributed by atoms with E-state index in [2.05, 4.69) is 5.32 Å². The highest BCUT2D eigenvalue weighted by Crippen LogP contribution is 2.48. The number of halogens is 1. The molecule has 1 aromatic rings. The van der Waals surface area contributed by atoms with Gasteiger partial charge in [0.05, 0.1) is 22.4 Å². The molecule has 24 heavy (non-hydrogen) atoms. The van der Waals surface area contributed by atoms with Crippen LogP contribution in [-0.2, 0) is 19.4 Å². The van der Waals surface area contributed by atoms with Crippen LogP contribution in [0.25, 0.3) is 0 Å². The van der Waals surface area contributed by atoms with E-state index in [4.69, 9.17) is 0 Å². The number of carbonyl (C=O) groups is 2. The Morgan fingerprint density at radius 1 is 1.21 bits per heavy atom. The summed E-state index contributed by atoms with van der Waals surface area (Å²) in [6.45, 7) is 0. The van der Waals surface area contributed by atoms with Crippen LogP contribution in [0.4, 0.5) is 10.1 Å². The van der Waals surface area contributed by atoms with Crippen LogP contribution in [0, 0.1) is 29.5 Å². The molecule has 1 amide bonds. The third-order valence-corrected chi connectivity index (χ3v) is 5.78. The Balaban J connectivity index is 1.88. The normalized spacial score (nSPS) is 28.1. The average molecular weight is 353 g/mol. The van der Waals surface area contributed by atoms with Crippen molar-refractivity contribution in [1.82, 2.24) is 0 Å². The summed E-state index contributed by atoms with van der Waals surface area (Å²) in [6.07, 6.45) is 5.18. The lowest BCUT2D eigenvalue weighted by Gasteiger charge is -2.24. The molecule has 2 aliphatic rings. The first-order valence-corrected chi connectivity index (χ1v) is 9.29. The lowest BCUT2D eigenvalue weighted by atomic mass is 9.82. The minimum atomic E-state index is -3.55. The van der Waals surface area contributed by atoms with Crippen molar-refractivity contribution in [1.29, 1.82) is 0 Å². The first-order chi connectivity index (χ1) is 11.2. The van der Waals surface area contributed by atoms with Crippen LogP contribution >= 0.6 is 0 Å². The number of fused-ring (bicyclic) bond motifs is 2. The quantitative estimate of drug-likeness (QED) is 0.634. The van der Waals surface area contributed by atoms with E-state index < -0.39 is 39.4 Å². The van der Waals surface area contributed by atoms with Gasteiger partial charge >= 0.3 is 5.97 Å². The van der Waals surface area contributed by atoms with E-state index in [-0.39, 0.29) is 22.4 Å². The zero-order valence-electron chi connectivity index (χ0n) is 12.8. The summed E-state index contributed by atoms with van der Waals surface area (Å²) in [7, 11) is -3.55. The van der Waals surface area contributed by atoms with Gasteiger partial charge in [0.1, 0.15) is 5.82 Å². The second-order valence-corrected chi connectivity index (χ2v) is 8.26. The summed E-state index contributed by atoms with van der Waals surface area (Å²) >= 11 is 0. The zero-order valence-corrected chi connectivity index (χ0v) is 13.6. The van der Waals surface area contributed by atoms with E-state index in [1.165, 1.54) is 0 Å². The molecule has 8 heteroatoms. The van der Waals surface area contributed by atoms with Gasteiger partial charge < -0.3 is 10.4 Å². The molecular formula is C16H16FNO5S. The fraction of sp³-hybridized carbons (Fsp3) is 0.375. The molecule has 0 unspecified atom stereocenters. The van der Waals surface area contributed by atoms with Crippen molar-refractivity contribution in [2.75, 3.05) is 11.6 Å². The van der Waals surface area contributed by atoms with Crippen molar-refractivity contribution >= 4 is 27.4 Å². The molecule has 2 N–H and O–H groups in total. The van der Waals surface area contributed by atoms with Crippen LogP contribution in [-0.4, -0.2) is 31.7 Å². The van der Waals surface area contributed by atoms with Gasteiger partial charge in [-0.1, -0.05) is 12.2 Å². The number of rotatable bonds is 4. The van der Waals surface area contributed by atoms with Crippen molar-refractivity contribution in [3.63, 3.8) is 0 Å². The van der Waals surface area contributed by atoms with Gasteiger partial charge in [0.15, 0.2) is 9.84 Å². The van der Waals surface area contributed by atoms with E-state index >= 15 is 0 Å². The number of nitrogens with one attached hydrogen (secondary N) is 1. The van der Waals surface area contributed by atoms with Crippen molar-refractivity contribution in [2.45, 2.75) is 11.3 Å². The summed E-state index contributed by atoms with van der Waals surface area (Å²) in [5.74, 6) is -4.48. The van der Waals surface area contributed by atoms with E-state index in [9.17, 15) is 27.5 Å². The summed E-state index contributed by atoms with van der Waals surface area (Å²) in [5, 5.41) is 11.7. The van der Waals surface area contributed by atoms with E-state index in [0.29, 0.717) is 6.42 Å². The standard InChI is InChI=1S/C16H16FNO5S/c1-24(22,23)10-4-5-11(17)12(7-10)18-15(19)13-8-2-3-9(6-8)14(13)16(20)21/h2-5,7-9,13-14H,6H2,1H3,(H,18,19)(H,20,21)/t8-,9-,13-,14+/m0/s1. The molecule has 1 saturated carbocycles. The number of carbonyl (C=O) groups excluding carboxylic acids is 1. The Hall–Kier alpha value is -2.22. The number of carboxylic acids is 1. The second-order valence-electron chi connectivity index (χ2n) is 6.24. The number of aliphatic carboxylic acids is 1. The summed E-state index contributed by atoms with van der Waals surface area (Å²) in [4.78, 5) is 23.8. The summed E-state index contributed by atoms with van der Waals surface area (Å²) in [6, 6.07) is 3.11. The average Bonchev–Trinajstić information content (AvgIpc) is 3.08. The Morgan fingerprint density at radius 3 is 2.42 bits per heavy atom. The van der Waals surface area contributed by atoms with Gasteiger partial charge in [-0.15, -0.1) is 0 Å². The van der Waals surface area contributed by atoms with Gasteiger partial charge in [0, 0.05) is 6.26 Å². The molecule has 6 nitrogen and oxygen atoms in total. The summed E-state index contributed by atoms with van der Waals surface area (Å²) < 4.78 is 37.0. The van der Waals surface area contributed by atoms with Crippen LogP contribution in [0.3, 0.4) is 0 Å². The van der Waals surface area contributed by atoms with Crippen molar-refractivity contribution < 1.29 is 27.5 Å². The molecule has 1 aromatic carbocycles. The van der Waals surface area contributed by atoms with E-state index in [1.807, 2.05) is 6.08 Å². The van der Waals surface area contributed by atoms with Crippen molar-refractivity contribution in [2.24, 2.45) is 23.7 Å². The summed E-state index contributed by atoms with van der Waals surface area (Å²) in [5.41, 5.74) is -0.265. The van der Waals surface area contributed by atoms with Crippen LogP contribution in [0.15, 0.2) is 35.2 Å². The number of carboxylic acid groups (broad SMARTS) is 1. The fourth-order valence-corrected chi connectivity index (χ4v) is 4.21. The third-order valence-electron chi connectivity index (χ3n) is 4.67. The predicted octanol–water partition coefficient (Wildman–Crippen LogP) is 1.69. The number of hydrogen-bond donors (Lipinski definition) is 2. The molecule has 4 atom stereocenters. The van der Waals surface area contributed by atoms with Gasteiger partial charge in [-0.05, 0) is 36.5 Å². The van der Waals surface area contributed by atoms with Gasteiger partial charge in [-0.2, -0.15) is 0 Å². The van der Waals surface area contributed by atoms with Crippen LogP contribution < -0.4 is 5.32 Å². The molecule has 1 fully saturated rings. The molecular weight excluding hydrogens is 337 g/mol. The molecule has 0 spiro atoms. The Kier molecular flexibility index (Phi) is 3.95. The van der Waals surface area contributed by atoms with Gasteiger partial charge in [-0.25, -0.2) is 12.8 Å². The minimum absolute atomic E-state index is 0.123. The number of anilines is 1. The fourth-order valence-electron chi connectivity index (χ4n) is 3.56. The maximum absolute atomic E-state index is 13.9. The van der Waals surface area contributed by atoms with Crippen LogP contribution in [0.1, 0.15) is 6.42 Å². The molecule has 0 heterocycles. The van der Waals surface area contributed by atoms with Crippen LogP contribution in [0.2, 0.25) is 0 Å². The Labute approximate surface area is 138 Å². The molecule has 0 aliphatic heterocycles. The maximum atomic E-state index is 13.9. The zero-order chi connectivity index (χ0) is 17.6. The molecule has 0 aromatic heterocycles. The van der Waals surface area contributed by atoms with Crippen molar-refractivity contribution in [3.8, 4) is 0 Å². The predicted molar refractivity (Wildman–Crippen MR) is 83.5 cm³/mol. The molecule has 2 aliphatic carbocycles. The van der Waals surface area contributed by atoms with E-state index in [0.717, 1.165) is 24.5 Å². The highest BCUT2D eigenvalue weighted by atomic mass is 32.2. The first-order valence-electron chi connectivity index (χ1n) is 7.40. The molecule has 0 radical (unpaired) electrons. The largest absolute Gasteiger partial charge is 0.481 e. The van der Waals surface area contributed by atoms with Crippen LogP contribution in [0.5, 0.6) is 0 Å². The smallest absolute Gasteiger partial charge is 0.307 e. The first kappa shape index (κ1) is 16.6. The topological polar surface area (TPSA) is 101 Å². The van der Waals surface area contributed by atoms with E-state index in [1.54, 1.807) is 6.08 Å². The van der Waals surface area contributed by atoms with Gasteiger partial charge in [0.2, 0.25) is 5.91 Å². The number of sulfone groups is 1. The lowest BCUT2D eigenvalue weighted by Crippen LogP contribution is -2.36. The van der Waals surface area contributed by atoms with Gasteiger partial charge in [-0.3, -0.25) is 9.59 Å². The SMILES string of the molecule is CS(=O)(=O)c1ccc(F)c(NC(=O)[C@@H]2[C@H](C(=O)O)[C@H]3C=C[C@H]2C3)c1. The monoisotopic (exact) mass is 353 g/mol. The Bertz CT molecular complexity index is 848. The minimum Gasteiger partial charge on any atom is -0.481 e. The number of benzene rings is 1. The van der Waals surface area contributed by atoms with Gasteiger partial charge in [0.25, 0.3) is 0 Å². The highest BCUT2D eigenvalue weighted by Gasteiger charge is 2.51. The van der Waals surface area contributed by atoms with Crippen molar-refractivity contribution in [3.05, 3.63) is 36.2 Å².